The second-order valence-corrected chi connectivity index (χ2v) is 10.4. The van der Waals surface area contributed by atoms with Crippen LogP contribution >= 0.6 is 0 Å². The number of hydrogen-bond donors (Lipinski definition) is 1. The minimum absolute atomic E-state index is 0.0861. The highest BCUT2D eigenvalue weighted by molar-refractivity contribution is 5.85. The summed E-state index contributed by atoms with van der Waals surface area (Å²) in [4.78, 5) is 11.0. The Morgan fingerprint density at radius 2 is 1.79 bits per heavy atom. The van der Waals surface area contributed by atoms with Gasteiger partial charge < -0.3 is 14.8 Å². The number of nitrogens with one attached hydrogen (secondary N) is 1. The van der Waals surface area contributed by atoms with E-state index in [2.05, 4.69) is 95.5 Å². The Bertz CT molecular complexity index is 1240. The van der Waals surface area contributed by atoms with Crippen molar-refractivity contribution < 1.29 is 0 Å². The summed E-state index contributed by atoms with van der Waals surface area (Å²) in [5, 5.41) is 14.0. The molecule has 0 atom stereocenters. The van der Waals surface area contributed by atoms with Gasteiger partial charge in [0.15, 0.2) is 5.82 Å². The topological polar surface area (TPSA) is 71.8 Å². The number of aromatic nitrogens is 5. The first-order valence-corrected chi connectivity index (χ1v) is 11.4. The van der Waals surface area contributed by atoms with Crippen LogP contribution in [0.4, 0.5) is 5.82 Å². The Labute approximate surface area is 194 Å². The SMILES string of the molecule is CN(c1ccc(-c2ccc3ncc(-n4ccnc4)cc3c2)nn1)C1CC(C)(C)NC(C)(C)C1. The van der Waals surface area contributed by atoms with Gasteiger partial charge in [0.1, 0.15) is 0 Å². The highest BCUT2D eigenvalue weighted by atomic mass is 15.3. The number of anilines is 1. The minimum Gasteiger partial charge on any atom is -0.355 e. The maximum absolute atomic E-state index is 4.59. The van der Waals surface area contributed by atoms with Gasteiger partial charge in [-0.1, -0.05) is 6.07 Å². The summed E-state index contributed by atoms with van der Waals surface area (Å²) in [6.07, 6.45) is 9.44. The molecule has 33 heavy (non-hydrogen) atoms. The predicted octanol–water partition coefficient (Wildman–Crippen LogP) is 4.62. The van der Waals surface area contributed by atoms with Gasteiger partial charge in [-0.2, -0.15) is 0 Å². The summed E-state index contributed by atoms with van der Waals surface area (Å²) < 4.78 is 1.95. The van der Waals surface area contributed by atoms with E-state index in [0.717, 1.165) is 46.5 Å². The summed E-state index contributed by atoms with van der Waals surface area (Å²) in [5.41, 5.74) is 3.98. The number of piperidine rings is 1. The second kappa shape index (κ2) is 7.92. The first kappa shape index (κ1) is 21.5. The summed E-state index contributed by atoms with van der Waals surface area (Å²) in [5.74, 6) is 0.905. The molecule has 0 amide bonds. The molecule has 1 fully saturated rings. The number of imidazole rings is 1. The van der Waals surface area contributed by atoms with Crippen LogP contribution in [0.1, 0.15) is 40.5 Å². The van der Waals surface area contributed by atoms with Crippen LogP contribution in [-0.4, -0.2) is 48.9 Å². The Kier molecular flexibility index (Phi) is 5.16. The van der Waals surface area contributed by atoms with Gasteiger partial charge >= 0.3 is 0 Å². The highest BCUT2D eigenvalue weighted by Crippen LogP contribution is 2.33. The molecule has 3 aromatic heterocycles. The van der Waals surface area contributed by atoms with E-state index >= 15 is 0 Å². The summed E-state index contributed by atoms with van der Waals surface area (Å²) in [6.45, 7) is 9.10. The molecule has 0 radical (unpaired) electrons. The van der Waals surface area contributed by atoms with E-state index in [1.54, 1.807) is 12.5 Å². The van der Waals surface area contributed by atoms with Crippen molar-refractivity contribution in [3.63, 3.8) is 0 Å². The first-order valence-electron chi connectivity index (χ1n) is 11.4. The Morgan fingerprint density at radius 3 is 2.45 bits per heavy atom. The van der Waals surface area contributed by atoms with Gasteiger partial charge in [-0.3, -0.25) is 4.98 Å². The molecule has 4 aromatic rings. The van der Waals surface area contributed by atoms with Crippen molar-refractivity contribution in [1.82, 2.24) is 30.0 Å². The lowest BCUT2D eigenvalue weighted by Gasteiger charge is -2.49. The fourth-order valence-electron chi connectivity index (χ4n) is 5.23. The molecule has 7 nitrogen and oxygen atoms in total. The number of benzene rings is 1. The quantitative estimate of drug-likeness (QED) is 0.498. The molecule has 0 bridgehead atoms. The number of nitrogens with zero attached hydrogens (tertiary/aromatic N) is 6. The van der Waals surface area contributed by atoms with Crippen LogP contribution in [0.2, 0.25) is 0 Å². The van der Waals surface area contributed by atoms with Crippen molar-refractivity contribution in [2.45, 2.75) is 57.7 Å². The third kappa shape index (κ3) is 4.46. The van der Waals surface area contributed by atoms with Gasteiger partial charge in [0.25, 0.3) is 0 Å². The molecule has 1 saturated heterocycles. The molecule has 7 heteroatoms. The molecule has 4 heterocycles. The third-order valence-electron chi connectivity index (χ3n) is 6.49. The lowest BCUT2D eigenvalue weighted by atomic mass is 9.79. The summed E-state index contributed by atoms with van der Waals surface area (Å²) in [6, 6.07) is 12.9. The lowest BCUT2D eigenvalue weighted by molar-refractivity contribution is 0.160. The number of fused-ring (bicyclic) bond motifs is 1. The van der Waals surface area contributed by atoms with Crippen LogP contribution in [0.25, 0.3) is 27.8 Å². The van der Waals surface area contributed by atoms with Gasteiger partial charge in [0.05, 0.1) is 29.4 Å². The molecular formula is C26H31N7. The van der Waals surface area contributed by atoms with E-state index in [-0.39, 0.29) is 11.1 Å². The summed E-state index contributed by atoms with van der Waals surface area (Å²) >= 11 is 0. The number of pyridine rings is 1. The normalized spacial score (nSPS) is 17.8. The number of rotatable bonds is 4. The second-order valence-electron chi connectivity index (χ2n) is 10.4. The predicted molar refractivity (Wildman–Crippen MR) is 133 cm³/mol. The average molecular weight is 442 g/mol. The zero-order valence-corrected chi connectivity index (χ0v) is 19.9. The van der Waals surface area contributed by atoms with Crippen LogP contribution in [-0.2, 0) is 0 Å². The van der Waals surface area contributed by atoms with E-state index in [0.29, 0.717) is 6.04 Å². The van der Waals surface area contributed by atoms with Crippen LogP contribution < -0.4 is 10.2 Å². The molecular weight excluding hydrogens is 410 g/mol. The molecule has 170 valence electrons. The Morgan fingerprint density at radius 1 is 1.00 bits per heavy atom. The maximum atomic E-state index is 4.59. The maximum Gasteiger partial charge on any atom is 0.151 e. The minimum atomic E-state index is 0.0861. The van der Waals surface area contributed by atoms with Crippen LogP contribution in [0.3, 0.4) is 0 Å². The van der Waals surface area contributed by atoms with Crippen LogP contribution in [0, 0.1) is 0 Å². The lowest BCUT2D eigenvalue weighted by Crippen LogP contribution is -2.62. The monoisotopic (exact) mass is 441 g/mol. The Balaban J connectivity index is 1.40. The van der Waals surface area contributed by atoms with Gasteiger partial charge in [-0.05, 0) is 70.9 Å². The van der Waals surface area contributed by atoms with E-state index in [4.69, 9.17) is 0 Å². The zero-order valence-electron chi connectivity index (χ0n) is 19.9. The van der Waals surface area contributed by atoms with Crippen molar-refractivity contribution in [2.75, 3.05) is 11.9 Å². The molecule has 1 N–H and O–H groups in total. The fourth-order valence-corrected chi connectivity index (χ4v) is 5.23. The third-order valence-corrected chi connectivity index (χ3v) is 6.49. The van der Waals surface area contributed by atoms with E-state index in [1.807, 2.05) is 23.0 Å². The Hall–Kier alpha value is -3.32. The van der Waals surface area contributed by atoms with Crippen LogP contribution in [0.15, 0.2) is 61.3 Å². The standard InChI is InChI=1S/C26H31N7/c1-25(2)14-21(15-26(3,4)31-25)32(5)24-9-8-23(29-30-24)18-6-7-22-19(12-18)13-20(16-28-22)33-11-10-27-17-33/h6-13,16-17,21,31H,14-15H2,1-5H3. The van der Waals surface area contributed by atoms with E-state index in [1.165, 1.54) is 0 Å². The molecule has 1 aliphatic rings. The van der Waals surface area contributed by atoms with Gasteiger partial charge in [0.2, 0.25) is 0 Å². The smallest absolute Gasteiger partial charge is 0.151 e. The van der Waals surface area contributed by atoms with Crippen LogP contribution in [0.5, 0.6) is 0 Å². The largest absolute Gasteiger partial charge is 0.355 e. The molecule has 1 aliphatic heterocycles. The molecule has 0 saturated carbocycles. The zero-order chi connectivity index (χ0) is 23.2. The van der Waals surface area contributed by atoms with Gasteiger partial charge in [-0.15, -0.1) is 10.2 Å². The van der Waals surface area contributed by atoms with Gasteiger partial charge in [-0.25, -0.2) is 4.98 Å². The molecule has 0 spiro atoms. The number of hydrogen-bond acceptors (Lipinski definition) is 6. The van der Waals surface area contributed by atoms with E-state index in [9.17, 15) is 0 Å². The van der Waals surface area contributed by atoms with E-state index < -0.39 is 0 Å². The molecule has 1 aromatic carbocycles. The van der Waals surface area contributed by atoms with Crippen molar-refractivity contribution in [3.8, 4) is 16.9 Å². The van der Waals surface area contributed by atoms with Crippen molar-refractivity contribution in [1.29, 1.82) is 0 Å². The summed E-state index contributed by atoms with van der Waals surface area (Å²) in [7, 11) is 2.13. The van der Waals surface area contributed by atoms with Gasteiger partial charge in [0, 0.05) is 47.5 Å². The van der Waals surface area contributed by atoms with Crippen molar-refractivity contribution >= 4 is 16.7 Å². The molecule has 0 aliphatic carbocycles. The van der Waals surface area contributed by atoms with Crippen molar-refractivity contribution in [3.05, 3.63) is 61.3 Å². The first-order chi connectivity index (χ1) is 15.7. The van der Waals surface area contributed by atoms with Crippen molar-refractivity contribution in [2.24, 2.45) is 0 Å². The highest BCUT2D eigenvalue weighted by Gasteiger charge is 2.39. The fraction of sp³-hybridized carbons (Fsp3) is 0.385. The average Bonchev–Trinajstić information content (AvgIpc) is 3.31. The molecule has 5 rings (SSSR count). The molecule has 0 unspecified atom stereocenters.